The molecule has 4 saturated carbocycles. The third-order valence-electron chi connectivity index (χ3n) is 14.0. The number of hydrogen-bond donors (Lipinski definition) is 0. The first-order chi connectivity index (χ1) is 19.4. The molecular weight excluding hydrogens is 516 g/mol. The molecule has 4 fully saturated rings. The van der Waals surface area contributed by atoms with Crippen molar-refractivity contribution in [1.82, 2.24) is 0 Å². The molecule has 4 rings (SSSR count). The highest BCUT2D eigenvalue weighted by atomic mass is 14.6. The number of rotatable bonds is 2. The van der Waals surface area contributed by atoms with E-state index in [0.29, 0.717) is 21.7 Å². The Hall–Kier alpha value is 0. The molecule has 0 bridgehead atoms. The Bertz CT molecular complexity index is 708. The summed E-state index contributed by atoms with van der Waals surface area (Å²) in [6.45, 7) is 44.5. The Morgan fingerprint density at radius 3 is 1.56 bits per heavy atom. The monoisotopic (exact) mass is 607 g/mol. The molecule has 0 aliphatic heterocycles. The van der Waals surface area contributed by atoms with Gasteiger partial charge in [0.25, 0.3) is 0 Å². The quantitative estimate of drug-likeness (QED) is 0.293. The van der Waals surface area contributed by atoms with E-state index in [-0.39, 0.29) is 7.43 Å². The zero-order valence-electron chi connectivity index (χ0n) is 33.3. The van der Waals surface area contributed by atoms with Gasteiger partial charge in [0.2, 0.25) is 0 Å². The summed E-state index contributed by atoms with van der Waals surface area (Å²) in [6, 6.07) is 0. The highest BCUT2D eigenvalue weighted by Crippen LogP contribution is 2.60. The zero-order chi connectivity index (χ0) is 33.3. The summed E-state index contributed by atoms with van der Waals surface area (Å²) >= 11 is 0. The van der Waals surface area contributed by atoms with Crippen molar-refractivity contribution in [3.05, 3.63) is 0 Å². The SMILES string of the molecule is C.CC.CC.CC.CC1CC(C)C2(C)CC(C(C)(C)C)CCC2C1.CC1CCC(C)C2(C)CC(C(C)(C)C(C)C)CCC12. The fraction of sp³-hybridized carbons (Fsp3) is 1.00. The maximum absolute atomic E-state index is 2.63. The summed E-state index contributed by atoms with van der Waals surface area (Å²) < 4.78 is 0. The molecule has 0 nitrogen and oxygen atoms in total. The molecule has 0 aromatic heterocycles. The molecule has 0 N–H and O–H groups in total. The van der Waals surface area contributed by atoms with Crippen LogP contribution in [0.15, 0.2) is 0 Å². The second-order valence-electron chi connectivity index (χ2n) is 17.5. The van der Waals surface area contributed by atoms with Crippen molar-refractivity contribution in [1.29, 1.82) is 0 Å². The summed E-state index contributed by atoms with van der Waals surface area (Å²) in [6.07, 6.45) is 14.8. The van der Waals surface area contributed by atoms with Gasteiger partial charge in [0.1, 0.15) is 0 Å². The molecule has 0 radical (unpaired) electrons. The van der Waals surface area contributed by atoms with E-state index in [1.165, 1.54) is 64.2 Å². The molecule has 43 heavy (non-hydrogen) atoms. The van der Waals surface area contributed by atoms with Crippen molar-refractivity contribution < 1.29 is 0 Å². The fourth-order valence-corrected chi connectivity index (χ4v) is 9.86. The van der Waals surface area contributed by atoms with Crippen molar-refractivity contribution in [2.75, 3.05) is 0 Å². The van der Waals surface area contributed by atoms with Crippen molar-refractivity contribution in [2.45, 2.75) is 203 Å². The summed E-state index contributed by atoms with van der Waals surface area (Å²) in [7, 11) is 0. The highest BCUT2D eigenvalue weighted by molar-refractivity contribution is 5.01. The van der Waals surface area contributed by atoms with Gasteiger partial charge in [-0.15, -0.1) is 0 Å². The van der Waals surface area contributed by atoms with E-state index in [2.05, 4.69) is 90.0 Å². The van der Waals surface area contributed by atoms with Crippen molar-refractivity contribution in [3.8, 4) is 0 Å². The Morgan fingerprint density at radius 2 is 1.07 bits per heavy atom. The lowest BCUT2D eigenvalue weighted by Gasteiger charge is -2.57. The maximum Gasteiger partial charge on any atom is -0.0266 e. The van der Waals surface area contributed by atoms with E-state index >= 15 is 0 Å². The Balaban J connectivity index is 0. The average Bonchev–Trinajstić information content (AvgIpc) is 2.94. The topological polar surface area (TPSA) is 0 Å². The van der Waals surface area contributed by atoms with Gasteiger partial charge in [-0.2, -0.15) is 0 Å². The van der Waals surface area contributed by atoms with E-state index in [1.54, 1.807) is 0 Å². The van der Waals surface area contributed by atoms with E-state index in [9.17, 15) is 0 Å². The molecule has 10 atom stereocenters. The first-order valence-corrected chi connectivity index (χ1v) is 19.4. The van der Waals surface area contributed by atoms with Crippen LogP contribution >= 0.6 is 0 Å². The molecule has 4 aliphatic carbocycles. The van der Waals surface area contributed by atoms with Gasteiger partial charge in [-0.3, -0.25) is 0 Å². The lowest BCUT2D eigenvalue weighted by atomic mass is 9.48. The standard InChI is InChI=1S/C19H36.C17H32.3C2H6.CH4/c1-13(2)18(5,6)16-10-11-17-14(3)8-9-15(4)19(17,7)12-16;1-12-9-13(2)17(6)11-15(16(3,4)5)8-7-14(17)10-12;3*1-2;/h13-17H,8-12H2,1-7H3;12-15H,7-11H2,1-6H3;3*1-2H3;1H4. The molecule has 10 unspecified atom stereocenters. The van der Waals surface area contributed by atoms with Gasteiger partial charge in [0.05, 0.1) is 0 Å². The fourth-order valence-electron chi connectivity index (χ4n) is 9.86. The minimum absolute atomic E-state index is 0. The molecule has 0 heteroatoms. The summed E-state index contributed by atoms with van der Waals surface area (Å²) in [5.41, 5.74) is 2.28. The van der Waals surface area contributed by atoms with Crippen LogP contribution in [-0.4, -0.2) is 0 Å². The van der Waals surface area contributed by atoms with E-state index in [4.69, 9.17) is 0 Å². The molecular formula is C43H90. The Kier molecular flexibility index (Phi) is 19.9. The molecule has 0 aromatic carbocycles. The average molecular weight is 607 g/mol. The van der Waals surface area contributed by atoms with Gasteiger partial charge in [-0.05, 0) is 133 Å². The molecule has 0 aromatic rings. The van der Waals surface area contributed by atoms with Crippen LogP contribution in [0.3, 0.4) is 0 Å². The molecule has 0 saturated heterocycles. The van der Waals surface area contributed by atoms with E-state index in [1.807, 2.05) is 41.5 Å². The lowest BCUT2D eigenvalue weighted by Crippen LogP contribution is -2.48. The second kappa shape index (κ2) is 19.0. The third-order valence-corrected chi connectivity index (χ3v) is 14.0. The highest BCUT2D eigenvalue weighted by Gasteiger charge is 2.51. The van der Waals surface area contributed by atoms with Gasteiger partial charge in [-0.25, -0.2) is 0 Å². The smallest absolute Gasteiger partial charge is 0.0266 e. The van der Waals surface area contributed by atoms with Crippen molar-refractivity contribution >= 4 is 0 Å². The summed E-state index contributed by atoms with van der Waals surface area (Å²) in [5.74, 6) is 8.48. The van der Waals surface area contributed by atoms with Crippen LogP contribution in [0.2, 0.25) is 0 Å². The van der Waals surface area contributed by atoms with Crippen LogP contribution in [0.5, 0.6) is 0 Å². The first-order valence-electron chi connectivity index (χ1n) is 19.4. The molecule has 4 aliphatic rings. The van der Waals surface area contributed by atoms with Crippen LogP contribution in [0.4, 0.5) is 0 Å². The normalized spacial score (nSPS) is 38.8. The van der Waals surface area contributed by atoms with Gasteiger partial charge >= 0.3 is 0 Å². The first kappa shape index (κ1) is 45.1. The van der Waals surface area contributed by atoms with Crippen LogP contribution < -0.4 is 0 Å². The second-order valence-corrected chi connectivity index (χ2v) is 17.5. The van der Waals surface area contributed by atoms with Crippen LogP contribution in [-0.2, 0) is 0 Å². The predicted octanol–water partition coefficient (Wildman–Crippen LogP) is 15.4. The van der Waals surface area contributed by atoms with E-state index < -0.39 is 0 Å². The van der Waals surface area contributed by atoms with Crippen LogP contribution in [0.1, 0.15) is 203 Å². The Labute approximate surface area is 277 Å². The third kappa shape index (κ3) is 10.8. The maximum atomic E-state index is 2.63. The van der Waals surface area contributed by atoms with Gasteiger partial charge in [0.15, 0.2) is 0 Å². The predicted molar refractivity (Wildman–Crippen MR) is 202 cm³/mol. The number of fused-ring (bicyclic) bond motifs is 2. The van der Waals surface area contributed by atoms with Gasteiger partial charge in [-0.1, -0.05) is 145 Å². The van der Waals surface area contributed by atoms with Crippen LogP contribution in [0, 0.1) is 74.9 Å². The summed E-state index contributed by atoms with van der Waals surface area (Å²) in [4.78, 5) is 0. The van der Waals surface area contributed by atoms with Gasteiger partial charge < -0.3 is 0 Å². The van der Waals surface area contributed by atoms with E-state index in [0.717, 1.165) is 53.3 Å². The largest absolute Gasteiger partial charge is 0.0776 e. The van der Waals surface area contributed by atoms with Gasteiger partial charge in [0, 0.05) is 0 Å². The molecule has 0 spiro atoms. The summed E-state index contributed by atoms with van der Waals surface area (Å²) in [5, 5.41) is 0. The lowest BCUT2D eigenvalue weighted by molar-refractivity contribution is -0.0751. The Morgan fingerprint density at radius 1 is 0.581 bits per heavy atom. The van der Waals surface area contributed by atoms with Crippen molar-refractivity contribution in [2.24, 2.45) is 74.9 Å². The minimum Gasteiger partial charge on any atom is -0.0776 e. The molecule has 0 amide bonds. The molecule has 262 valence electrons. The van der Waals surface area contributed by atoms with Crippen molar-refractivity contribution in [3.63, 3.8) is 0 Å². The molecule has 0 heterocycles. The van der Waals surface area contributed by atoms with Crippen LogP contribution in [0.25, 0.3) is 0 Å². The number of hydrogen-bond acceptors (Lipinski definition) is 0. The zero-order valence-corrected chi connectivity index (χ0v) is 33.3. The minimum atomic E-state index is 0.